The smallest absolute Gasteiger partial charge is 0.264 e. The molecule has 1 aliphatic heterocycles. The van der Waals surface area contributed by atoms with Crippen molar-refractivity contribution in [2.75, 3.05) is 19.7 Å². The first-order chi connectivity index (χ1) is 14.6. The number of rotatable bonds is 5. The maximum atomic E-state index is 14.1. The Bertz CT molecular complexity index is 1120. The van der Waals surface area contributed by atoms with E-state index in [1.54, 1.807) is 17.0 Å². The third kappa shape index (κ3) is 4.02. The van der Waals surface area contributed by atoms with Crippen LogP contribution in [0.15, 0.2) is 59.6 Å². The quantitative estimate of drug-likeness (QED) is 0.503. The molecule has 0 fully saturated rings. The Balaban J connectivity index is 1.63. The lowest BCUT2D eigenvalue weighted by Crippen LogP contribution is -2.33. The SMILES string of the molecule is CCOc1ccc2ccccc2c1C(=O)N1CCN=C1SCc1c(F)cccc1Cl. The van der Waals surface area contributed by atoms with Crippen LogP contribution in [0.3, 0.4) is 0 Å². The Labute approximate surface area is 183 Å². The van der Waals surface area contributed by atoms with Gasteiger partial charge in [0.25, 0.3) is 5.91 Å². The van der Waals surface area contributed by atoms with Crippen LogP contribution in [0.2, 0.25) is 5.02 Å². The van der Waals surface area contributed by atoms with Crippen molar-refractivity contribution in [2.24, 2.45) is 4.99 Å². The zero-order valence-corrected chi connectivity index (χ0v) is 18.0. The molecule has 7 heteroatoms. The van der Waals surface area contributed by atoms with E-state index in [2.05, 4.69) is 4.99 Å². The zero-order chi connectivity index (χ0) is 21.1. The number of halogens is 2. The van der Waals surface area contributed by atoms with E-state index in [4.69, 9.17) is 16.3 Å². The monoisotopic (exact) mass is 442 g/mol. The minimum Gasteiger partial charge on any atom is -0.493 e. The van der Waals surface area contributed by atoms with Crippen LogP contribution in [0.4, 0.5) is 4.39 Å². The Morgan fingerprint density at radius 2 is 2.03 bits per heavy atom. The number of fused-ring (bicyclic) bond motifs is 1. The first-order valence-corrected chi connectivity index (χ1v) is 11.0. The molecule has 3 aromatic rings. The molecule has 1 heterocycles. The summed E-state index contributed by atoms with van der Waals surface area (Å²) >= 11 is 7.45. The van der Waals surface area contributed by atoms with Crippen LogP contribution < -0.4 is 4.74 Å². The molecule has 0 unspecified atom stereocenters. The lowest BCUT2D eigenvalue weighted by Gasteiger charge is -2.21. The number of hydrogen-bond acceptors (Lipinski definition) is 4. The van der Waals surface area contributed by atoms with Crippen LogP contribution in [0.1, 0.15) is 22.8 Å². The lowest BCUT2D eigenvalue weighted by atomic mass is 10.0. The van der Waals surface area contributed by atoms with Crippen LogP contribution >= 0.6 is 23.4 Å². The van der Waals surface area contributed by atoms with E-state index in [1.807, 2.05) is 43.3 Å². The topological polar surface area (TPSA) is 41.9 Å². The number of amidine groups is 1. The highest BCUT2D eigenvalue weighted by molar-refractivity contribution is 8.13. The Kier molecular flexibility index (Phi) is 6.25. The van der Waals surface area contributed by atoms with E-state index in [0.29, 0.717) is 52.5 Å². The maximum Gasteiger partial charge on any atom is 0.264 e. The van der Waals surface area contributed by atoms with Gasteiger partial charge >= 0.3 is 0 Å². The van der Waals surface area contributed by atoms with E-state index in [9.17, 15) is 9.18 Å². The molecule has 154 valence electrons. The summed E-state index contributed by atoms with van der Waals surface area (Å²) in [6.45, 7) is 3.33. The molecule has 30 heavy (non-hydrogen) atoms. The molecule has 0 saturated heterocycles. The van der Waals surface area contributed by atoms with Crippen LogP contribution in [0.25, 0.3) is 10.8 Å². The van der Waals surface area contributed by atoms with Gasteiger partial charge in [-0.1, -0.05) is 59.8 Å². The average Bonchev–Trinajstić information content (AvgIpc) is 3.21. The second kappa shape index (κ2) is 9.06. The van der Waals surface area contributed by atoms with Crippen LogP contribution in [-0.4, -0.2) is 35.7 Å². The van der Waals surface area contributed by atoms with Crippen molar-refractivity contribution in [3.63, 3.8) is 0 Å². The van der Waals surface area contributed by atoms with Crippen LogP contribution in [-0.2, 0) is 5.75 Å². The summed E-state index contributed by atoms with van der Waals surface area (Å²) in [5, 5.41) is 2.73. The first-order valence-electron chi connectivity index (χ1n) is 9.66. The van der Waals surface area contributed by atoms with Gasteiger partial charge in [0, 0.05) is 22.9 Å². The second-order valence-electron chi connectivity index (χ2n) is 6.70. The highest BCUT2D eigenvalue weighted by Crippen LogP contribution is 2.32. The van der Waals surface area contributed by atoms with E-state index in [-0.39, 0.29) is 11.7 Å². The molecule has 1 aliphatic rings. The van der Waals surface area contributed by atoms with Crippen molar-refractivity contribution in [3.05, 3.63) is 76.6 Å². The fraction of sp³-hybridized carbons (Fsp3) is 0.217. The van der Waals surface area contributed by atoms with Crippen molar-refractivity contribution in [1.82, 2.24) is 4.90 Å². The minimum atomic E-state index is -0.362. The normalized spacial score (nSPS) is 13.6. The number of nitrogens with zero attached hydrogens (tertiary/aromatic N) is 2. The molecule has 4 rings (SSSR count). The number of ether oxygens (including phenoxy) is 1. The average molecular weight is 443 g/mol. The van der Waals surface area contributed by atoms with Crippen molar-refractivity contribution in [2.45, 2.75) is 12.7 Å². The van der Waals surface area contributed by atoms with Gasteiger partial charge in [-0.25, -0.2) is 4.39 Å². The van der Waals surface area contributed by atoms with Crippen molar-refractivity contribution >= 4 is 45.2 Å². The third-order valence-electron chi connectivity index (χ3n) is 4.86. The molecule has 0 N–H and O–H groups in total. The third-order valence-corrected chi connectivity index (χ3v) is 6.25. The molecule has 0 spiro atoms. The van der Waals surface area contributed by atoms with Gasteiger partial charge in [-0.05, 0) is 35.9 Å². The van der Waals surface area contributed by atoms with Gasteiger partial charge in [0.1, 0.15) is 11.6 Å². The number of carbonyl (C=O) groups is 1. The first kappa shape index (κ1) is 20.7. The zero-order valence-electron chi connectivity index (χ0n) is 16.4. The van der Waals surface area contributed by atoms with E-state index < -0.39 is 0 Å². The van der Waals surface area contributed by atoms with Gasteiger partial charge in [-0.2, -0.15) is 0 Å². The number of thioether (sulfide) groups is 1. The van der Waals surface area contributed by atoms with E-state index in [0.717, 1.165) is 10.8 Å². The Hall–Kier alpha value is -2.57. The molecule has 3 aromatic carbocycles. The second-order valence-corrected chi connectivity index (χ2v) is 8.05. The van der Waals surface area contributed by atoms with Gasteiger partial charge < -0.3 is 4.74 Å². The van der Waals surface area contributed by atoms with Crippen molar-refractivity contribution in [3.8, 4) is 5.75 Å². The van der Waals surface area contributed by atoms with Crippen LogP contribution in [0.5, 0.6) is 5.75 Å². The maximum absolute atomic E-state index is 14.1. The molecule has 0 aliphatic carbocycles. The van der Waals surface area contributed by atoms with E-state index >= 15 is 0 Å². The molecular formula is C23H20ClFN2O2S. The molecule has 0 atom stereocenters. The van der Waals surface area contributed by atoms with Gasteiger partial charge in [0.2, 0.25) is 0 Å². The number of benzene rings is 3. The van der Waals surface area contributed by atoms with E-state index in [1.165, 1.54) is 17.8 Å². The molecule has 4 nitrogen and oxygen atoms in total. The van der Waals surface area contributed by atoms with Gasteiger partial charge in [-0.3, -0.25) is 14.7 Å². The summed E-state index contributed by atoms with van der Waals surface area (Å²) in [5.74, 6) is 0.314. The van der Waals surface area contributed by atoms with Crippen LogP contribution in [0, 0.1) is 5.82 Å². The predicted octanol–water partition coefficient (Wildman–Crippen LogP) is 5.78. The summed E-state index contributed by atoms with van der Waals surface area (Å²) in [5.41, 5.74) is 0.931. The number of hydrogen-bond donors (Lipinski definition) is 0. The Morgan fingerprint density at radius 3 is 2.83 bits per heavy atom. The number of amides is 1. The summed E-state index contributed by atoms with van der Waals surface area (Å²) < 4.78 is 19.9. The molecule has 0 aromatic heterocycles. The summed E-state index contributed by atoms with van der Waals surface area (Å²) in [6.07, 6.45) is 0. The number of aliphatic imine (C=N–C) groups is 1. The molecule has 0 saturated carbocycles. The molecule has 0 radical (unpaired) electrons. The highest BCUT2D eigenvalue weighted by atomic mass is 35.5. The fourth-order valence-electron chi connectivity index (χ4n) is 3.43. The molecule has 1 amide bonds. The Morgan fingerprint density at radius 1 is 1.20 bits per heavy atom. The lowest BCUT2D eigenvalue weighted by molar-refractivity contribution is 0.0858. The van der Waals surface area contributed by atoms with Crippen molar-refractivity contribution < 1.29 is 13.9 Å². The fourth-order valence-corrected chi connectivity index (χ4v) is 4.82. The van der Waals surface area contributed by atoms with Crippen molar-refractivity contribution in [1.29, 1.82) is 0 Å². The van der Waals surface area contributed by atoms with Gasteiger partial charge in [0.05, 0.1) is 18.7 Å². The largest absolute Gasteiger partial charge is 0.493 e. The predicted molar refractivity (Wildman–Crippen MR) is 121 cm³/mol. The molecule has 0 bridgehead atoms. The van der Waals surface area contributed by atoms with Gasteiger partial charge in [0.15, 0.2) is 5.17 Å². The minimum absolute atomic E-state index is 0.168. The highest BCUT2D eigenvalue weighted by Gasteiger charge is 2.29. The summed E-state index contributed by atoms with van der Waals surface area (Å²) in [7, 11) is 0. The number of carbonyl (C=O) groups excluding carboxylic acids is 1. The summed E-state index contributed by atoms with van der Waals surface area (Å²) in [4.78, 5) is 19.7. The summed E-state index contributed by atoms with van der Waals surface area (Å²) in [6, 6.07) is 16.1. The van der Waals surface area contributed by atoms with Gasteiger partial charge in [-0.15, -0.1) is 0 Å². The molecular weight excluding hydrogens is 423 g/mol. The standard InChI is InChI=1S/C23H20ClFN2O2S/c1-2-29-20-11-10-15-6-3-4-7-16(15)21(20)22(28)27-13-12-26-23(27)30-14-17-18(24)8-5-9-19(17)25/h3-11H,2,12-14H2,1H3.